The van der Waals surface area contributed by atoms with Gasteiger partial charge in [-0.25, -0.2) is 0 Å². The maximum Gasteiger partial charge on any atom is 0.219 e. The Morgan fingerprint density at radius 2 is 1.93 bits per heavy atom. The number of aliphatic hydroxyl groups excluding tert-OH is 1. The van der Waals surface area contributed by atoms with Crippen LogP contribution >= 0.6 is 0 Å². The minimum Gasteiger partial charge on any atom is -0.391 e. The second kappa shape index (κ2) is 3.89. The lowest BCUT2D eigenvalue weighted by molar-refractivity contribution is -0.134. The number of β-amino-alcohol motifs (C(OH)–C–C–N with tert-alkyl or cyclic N) is 1. The first kappa shape index (κ1) is 11.5. The molecule has 1 unspecified atom stereocenters. The second-order valence-electron chi connectivity index (χ2n) is 5.38. The largest absolute Gasteiger partial charge is 0.391 e. The Kier molecular flexibility index (Phi) is 3.20. The Hall–Kier alpha value is -0.570. The number of likely N-dealkylation sites (tertiary alicyclic amines) is 1. The Morgan fingerprint density at radius 3 is 2.36 bits per heavy atom. The predicted octanol–water partition coefficient (Wildman–Crippen LogP) is 1.26. The average Bonchev–Trinajstić information content (AvgIpc) is 2.01. The fraction of sp³-hybridized carbons (Fsp3) is 0.909. The monoisotopic (exact) mass is 199 g/mol. The molecule has 3 nitrogen and oxygen atoms in total. The van der Waals surface area contributed by atoms with Crippen LogP contribution in [0.15, 0.2) is 0 Å². The molecule has 0 spiro atoms. The van der Waals surface area contributed by atoms with Crippen molar-refractivity contribution < 1.29 is 9.90 Å². The van der Waals surface area contributed by atoms with Gasteiger partial charge in [0.25, 0.3) is 0 Å². The Morgan fingerprint density at radius 1 is 1.36 bits per heavy atom. The van der Waals surface area contributed by atoms with E-state index in [2.05, 4.69) is 20.8 Å². The highest BCUT2D eigenvalue weighted by Crippen LogP contribution is 2.33. The van der Waals surface area contributed by atoms with Crippen LogP contribution in [0.1, 0.15) is 34.1 Å². The van der Waals surface area contributed by atoms with Crippen molar-refractivity contribution in [1.29, 1.82) is 0 Å². The van der Waals surface area contributed by atoms with E-state index in [1.165, 1.54) is 0 Å². The van der Waals surface area contributed by atoms with Crippen LogP contribution in [0.5, 0.6) is 0 Å². The van der Waals surface area contributed by atoms with Crippen LogP contribution in [0.2, 0.25) is 0 Å². The van der Waals surface area contributed by atoms with Gasteiger partial charge in [0.15, 0.2) is 0 Å². The molecule has 1 saturated heterocycles. The molecule has 0 aliphatic carbocycles. The van der Waals surface area contributed by atoms with Crippen LogP contribution < -0.4 is 0 Å². The lowest BCUT2D eigenvalue weighted by Crippen LogP contribution is -2.48. The summed E-state index contributed by atoms with van der Waals surface area (Å²) in [5.74, 6) is 0.466. The molecule has 14 heavy (non-hydrogen) atoms. The number of aliphatic hydroxyl groups is 1. The molecule has 0 aromatic carbocycles. The molecule has 0 bridgehead atoms. The van der Waals surface area contributed by atoms with Gasteiger partial charge in [0.1, 0.15) is 0 Å². The quantitative estimate of drug-likeness (QED) is 0.638. The zero-order valence-electron chi connectivity index (χ0n) is 9.58. The molecule has 0 radical (unpaired) electrons. The van der Waals surface area contributed by atoms with Gasteiger partial charge >= 0.3 is 0 Å². The number of nitrogens with zero attached hydrogens (tertiary/aromatic N) is 1. The summed E-state index contributed by atoms with van der Waals surface area (Å²) in [5.41, 5.74) is 0.162. The molecule has 2 atom stereocenters. The Balaban J connectivity index is 2.68. The molecule has 1 N–H and O–H groups in total. The molecule has 1 amide bonds. The highest BCUT2D eigenvalue weighted by atomic mass is 16.3. The summed E-state index contributed by atoms with van der Waals surface area (Å²) >= 11 is 0. The lowest BCUT2D eigenvalue weighted by Gasteiger charge is -2.41. The molecule has 82 valence electrons. The molecule has 1 fully saturated rings. The Bertz CT molecular complexity index is 220. The van der Waals surface area contributed by atoms with E-state index in [4.69, 9.17) is 0 Å². The van der Waals surface area contributed by atoms with E-state index >= 15 is 0 Å². The van der Waals surface area contributed by atoms with Crippen LogP contribution in [0, 0.1) is 11.3 Å². The van der Waals surface area contributed by atoms with Gasteiger partial charge in [-0.15, -0.1) is 0 Å². The van der Waals surface area contributed by atoms with Crippen molar-refractivity contribution in [2.24, 2.45) is 11.3 Å². The third-order valence-electron chi connectivity index (χ3n) is 3.10. The standard InChI is InChI=1S/C11H21NO2/c1-8(13)12-6-9(11(2,3)4)5-10(14)7-12/h9-10,14H,5-7H2,1-4H3/t9?,10-/m1/s1. The van der Waals surface area contributed by atoms with Crippen molar-refractivity contribution in [1.82, 2.24) is 4.90 Å². The lowest BCUT2D eigenvalue weighted by atomic mass is 9.75. The van der Waals surface area contributed by atoms with Gasteiger partial charge in [0.05, 0.1) is 6.10 Å². The van der Waals surface area contributed by atoms with Crippen LogP contribution in [-0.4, -0.2) is 35.1 Å². The van der Waals surface area contributed by atoms with Gasteiger partial charge < -0.3 is 10.0 Å². The summed E-state index contributed by atoms with van der Waals surface area (Å²) in [6.45, 7) is 9.34. The first-order valence-corrected chi connectivity index (χ1v) is 5.24. The number of hydrogen-bond acceptors (Lipinski definition) is 2. The van der Waals surface area contributed by atoms with Gasteiger partial charge in [0, 0.05) is 20.0 Å². The average molecular weight is 199 g/mol. The minimum atomic E-state index is -0.350. The topological polar surface area (TPSA) is 40.5 Å². The maximum atomic E-state index is 11.2. The zero-order chi connectivity index (χ0) is 10.9. The molecule has 3 heteroatoms. The molecular formula is C11H21NO2. The van der Waals surface area contributed by atoms with Crippen LogP contribution in [0.4, 0.5) is 0 Å². The predicted molar refractivity (Wildman–Crippen MR) is 55.8 cm³/mol. The van der Waals surface area contributed by atoms with Gasteiger partial charge in [-0.2, -0.15) is 0 Å². The van der Waals surface area contributed by atoms with E-state index in [0.29, 0.717) is 12.5 Å². The third-order valence-corrected chi connectivity index (χ3v) is 3.10. The highest BCUT2D eigenvalue weighted by Gasteiger charge is 2.34. The summed E-state index contributed by atoms with van der Waals surface area (Å²) in [5, 5.41) is 9.67. The van der Waals surface area contributed by atoms with E-state index in [1.807, 2.05) is 0 Å². The number of piperidine rings is 1. The normalized spacial score (nSPS) is 29.1. The summed E-state index contributed by atoms with van der Waals surface area (Å²) in [6, 6.07) is 0. The molecule has 1 aliphatic rings. The minimum absolute atomic E-state index is 0.0676. The maximum absolute atomic E-state index is 11.2. The van der Waals surface area contributed by atoms with E-state index in [9.17, 15) is 9.90 Å². The second-order valence-corrected chi connectivity index (χ2v) is 5.38. The van der Waals surface area contributed by atoms with Crippen LogP contribution in [-0.2, 0) is 4.79 Å². The first-order valence-electron chi connectivity index (χ1n) is 5.24. The smallest absolute Gasteiger partial charge is 0.219 e. The molecule has 1 aliphatic heterocycles. The molecule has 0 saturated carbocycles. The third kappa shape index (κ3) is 2.71. The van der Waals surface area contributed by atoms with Crippen LogP contribution in [0.3, 0.4) is 0 Å². The summed E-state index contributed by atoms with van der Waals surface area (Å²) in [7, 11) is 0. The molecule has 0 aromatic rings. The van der Waals surface area contributed by atoms with Gasteiger partial charge in [0.2, 0.25) is 5.91 Å². The molecular weight excluding hydrogens is 178 g/mol. The highest BCUT2D eigenvalue weighted by molar-refractivity contribution is 5.73. The van der Waals surface area contributed by atoms with Crippen molar-refractivity contribution in [2.75, 3.05) is 13.1 Å². The van der Waals surface area contributed by atoms with Gasteiger partial charge in [-0.3, -0.25) is 4.79 Å². The van der Waals surface area contributed by atoms with Crippen LogP contribution in [0.25, 0.3) is 0 Å². The van der Waals surface area contributed by atoms with Crippen molar-refractivity contribution in [2.45, 2.75) is 40.2 Å². The van der Waals surface area contributed by atoms with Crippen molar-refractivity contribution in [3.63, 3.8) is 0 Å². The summed E-state index contributed by atoms with van der Waals surface area (Å²) in [4.78, 5) is 13.0. The van der Waals surface area contributed by atoms with E-state index in [1.54, 1.807) is 11.8 Å². The molecule has 1 rings (SSSR count). The van der Waals surface area contributed by atoms with E-state index in [0.717, 1.165) is 13.0 Å². The number of carbonyl (C=O) groups excluding carboxylic acids is 1. The van der Waals surface area contributed by atoms with Crippen molar-refractivity contribution >= 4 is 5.91 Å². The number of rotatable bonds is 0. The SMILES string of the molecule is CC(=O)N1CC(C(C)(C)C)C[C@@H](O)C1. The van der Waals surface area contributed by atoms with E-state index < -0.39 is 0 Å². The van der Waals surface area contributed by atoms with Crippen molar-refractivity contribution in [3.05, 3.63) is 0 Å². The van der Waals surface area contributed by atoms with Crippen molar-refractivity contribution in [3.8, 4) is 0 Å². The first-order chi connectivity index (χ1) is 6.30. The number of carbonyl (C=O) groups is 1. The van der Waals surface area contributed by atoms with Gasteiger partial charge in [-0.1, -0.05) is 20.8 Å². The number of amides is 1. The molecule has 1 heterocycles. The Labute approximate surface area is 86.1 Å². The zero-order valence-corrected chi connectivity index (χ0v) is 9.58. The summed E-state index contributed by atoms with van der Waals surface area (Å²) < 4.78 is 0. The fourth-order valence-electron chi connectivity index (χ4n) is 1.96. The van der Waals surface area contributed by atoms with Gasteiger partial charge in [-0.05, 0) is 17.8 Å². The van der Waals surface area contributed by atoms with E-state index in [-0.39, 0.29) is 17.4 Å². The fourth-order valence-corrected chi connectivity index (χ4v) is 1.96. The molecule has 0 aromatic heterocycles. The number of hydrogen-bond donors (Lipinski definition) is 1. The summed E-state index contributed by atoms with van der Waals surface area (Å²) in [6.07, 6.45) is 0.463.